The molecule has 18 heavy (non-hydrogen) atoms. The van der Waals surface area contributed by atoms with E-state index >= 15 is 0 Å². The van der Waals surface area contributed by atoms with Crippen LogP contribution in [-0.2, 0) is 6.54 Å². The first-order valence-electron chi connectivity index (χ1n) is 5.81. The largest absolute Gasteiger partial charge is 0.496 e. The maximum Gasteiger partial charge on any atom is 0.148 e. The van der Waals surface area contributed by atoms with Gasteiger partial charge in [0.25, 0.3) is 0 Å². The average Bonchev–Trinajstić information content (AvgIpc) is 2.63. The van der Waals surface area contributed by atoms with Crippen LogP contribution in [0.5, 0.6) is 5.75 Å². The Hall–Kier alpha value is -2.04. The first-order valence-corrected chi connectivity index (χ1v) is 5.81. The smallest absolute Gasteiger partial charge is 0.148 e. The third kappa shape index (κ3) is 2.16. The number of pyridine rings is 1. The number of anilines is 1. The lowest BCUT2D eigenvalue weighted by atomic mass is 10.1. The van der Waals surface area contributed by atoms with Crippen LogP contribution in [0, 0.1) is 20.8 Å². The highest BCUT2D eigenvalue weighted by atomic mass is 16.5. The van der Waals surface area contributed by atoms with Gasteiger partial charge in [0.05, 0.1) is 19.3 Å². The van der Waals surface area contributed by atoms with E-state index < -0.39 is 0 Å². The van der Waals surface area contributed by atoms with Crippen LogP contribution in [0.15, 0.2) is 12.4 Å². The van der Waals surface area contributed by atoms with Gasteiger partial charge in [0.15, 0.2) is 0 Å². The summed E-state index contributed by atoms with van der Waals surface area (Å²) in [7, 11) is 1.68. The molecule has 0 saturated heterocycles. The van der Waals surface area contributed by atoms with Gasteiger partial charge in [-0.15, -0.1) is 0 Å². The van der Waals surface area contributed by atoms with E-state index in [1.54, 1.807) is 11.8 Å². The molecule has 0 unspecified atom stereocenters. The monoisotopic (exact) mass is 246 g/mol. The number of rotatable bonds is 3. The second kappa shape index (κ2) is 4.68. The molecule has 0 fully saturated rings. The fraction of sp³-hybridized carbons (Fsp3) is 0.385. The molecule has 5 nitrogen and oxygen atoms in total. The molecule has 0 bridgehead atoms. The highest BCUT2D eigenvalue weighted by Gasteiger charge is 2.10. The first kappa shape index (κ1) is 12.4. The third-order valence-electron chi connectivity index (χ3n) is 3.04. The molecule has 0 radical (unpaired) electrons. The number of hydrogen-bond donors (Lipinski definition) is 1. The van der Waals surface area contributed by atoms with Crippen molar-refractivity contribution in [3.8, 4) is 5.75 Å². The molecule has 5 heteroatoms. The lowest BCUT2D eigenvalue weighted by Crippen LogP contribution is -2.07. The predicted octanol–water partition coefficient (Wildman–Crippen LogP) is 1.84. The summed E-state index contributed by atoms with van der Waals surface area (Å²) in [5.74, 6) is 1.45. The molecule has 0 saturated carbocycles. The summed E-state index contributed by atoms with van der Waals surface area (Å²) in [6.07, 6.45) is 3.74. The normalized spacial score (nSPS) is 10.7. The van der Waals surface area contributed by atoms with E-state index in [9.17, 15) is 0 Å². The molecule has 0 aliphatic rings. The number of ether oxygens (including phenoxy) is 1. The van der Waals surface area contributed by atoms with Crippen molar-refractivity contribution in [2.45, 2.75) is 27.3 Å². The van der Waals surface area contributed by atoms with E-state index in [4.69, 9.17) is 10.5 Å². The van der Waals surface area contributed by atoms with Crippen molar-refractivity contribution in [2.75, 3.05) is 12.8 Å². The van der Waals surface area contributed by atoms with Crippen LogP contribution in [-0.4, -0.2) is 21.9 Å². The van der Waals surface area contributed by atoms with Crippen molar-refractivity contribution in [2.24, 2.45) is 0 Å². The molecule has 0 aliphatic heterocycles. The Kier molecular flexibility index (Phi) is 3.23. The van der Waals surface area contributed by atoms with Crippen molar-refractivity contribution in [1.82, 2.24) is 14.8 Å². The third-order valence-corrected chi connectivity index (χ3v) is 3.04. The second-order valence-corrected chi connectivity index (χ2v) is 4.44. The molecular weight excluding hydrogens is 228 g/mol. The summed E-state index contributed by atoms with van der Waals surface area (Å²) >= 11 is 0. The van der Waals surface area contributed by atoms with Crippen LogP contribution < -0.4 is 10.5 Å². The molecule has 2 aromatic rings. The highest BCUT2D eigenvalue weighted by Crippen LogP contribution is 2.24. The standard InChI is InChI=1S/C13H18N4O/c1-8-5-15-11(10(3)12(8)18-4)7-17-6-9(2)13(14)16-17/h5-6H,7H2,1-4H3,(H2,14,16). The van der Waals surface area contributed by atoms with Crippen LogP contribution >= 0.6 is 0 Å². The Bertz CT molecular complexity index is 555. The van der Waals surface area contributed by atoms with Crippen molar-refractivity contribution in [1.29, 1.82) is 0 Å². The van der Waals surface area contributed by atoms with E-state index in [0.29, 0.717) is 12.4 Å². The lowest BCUT2D eigenvalue weighted by Gasteiger charge is -2.12. The first-order chi connectivity index (χ1) is 8.52. The zero-order chi connectivity index (χ0) is 13.3. The number of aromatic nitrogens is 3. The number of nitrogen functional groups attached to an aromatic ring is 1. The van der Waals surface area contributed by atoms with Crippen molar-refractivity contribution >= 4 is 5.82 Å². The summed E-state index contributed by atoms with van der Waals surface area (Å²) in [5, 5.41) is 4.24. The van der Waals surface area contributed by atoms with Gasteiger partial charge in [0, 0.05) is 29.1 Å². The van der Waals surface area contributed by atoms with E-state index in [0.717, 1.165) is 28.1 Å². The van der Waals surface area contributed by atoms with Crippen molar-refractivity contribution < 1.29 is 4.74 Å². The number of nitrogens with zero attached hydrogens (tertiary/aromatic N) is 3. The summed E-state index contributed by atoms with van der Waals surface area (Å²) in [6, 6.07) is 0. The molecule has 0 spiro atoms. The summed E-state index contributed by atoms with van der Waals surface area (Å²) < 4.78 is 7.19. The van der Waals surface area contributed by atoms with Gasteiger partial charge in [-0.2, -0.15) is 5.10 Å². The molecule has 2 heterocycles. The maximum atomic E-state index is 5.74. The molecule has 2 aromatic heterocycles. The second-order valence-electron chi connectivity index (χ2n) is 4.44. The van der Waals surface area contributed by atoms with Crippen LogP contribution in [0.3, 0.4) is 0 Å². The van der Waals surface area contributed by atoms with Crippen molar-refractivity contribution in [3.63, 3.8) is 0 Å². The van der Waals surface area contributed by atoms with Gasteiger partial charge in [-0.05, 0) is 20.8 Å². The van der Waals surface area contributed by atoms with E-state index in [1.165, 1.54) is 0 Å². The van der Waals surface area contributed by atoms with Gasteiger partial charge in [0.1, 0.15) is 11.6 Å². The number of methoxy groups -OCH3 is 1. The molecule has 0 amide bonds. The molecule has 0 aliphatic carbocycles. The van der Waals surface area contributed by atoms with Crippen LogP contribution in [0.2, 0.25) is 0 Å². The highest BCUT2D eigenvalue weighted by molar-refractivity contribution is 5.41. The summed E-state index contributed by atoms with van der Waals surface area (Å²) in [4.78, 5) is 4.44. The van der Waals surface area contributed by atoms with Gasteiger partial charge >= 0.3 is 0 Å². The van der Waals surface area contributed by atoms with E-state index in [1.807, 2.05) is 33.2 Å². The SMILES string of the molecule is COc1c(C)cnc(Cn2cc(C)c(N)n2)c1C. The summed E-state index contributed by atoms with van der Waals surface area (Å²) in [5.41, 5.74) is 9.74. The molecule has 2 N–H and O–H groups in total. The van der Waals surface area contributed by atoms with Gasteiger partial charge in [-0.25, -0.2) is 0 Å². The maximum absolute atomic E-state index is 5.74. The Labute approximate surface area is 107 Å². The van der Waals surface area contributed by atoms with Gasteiger partial charge in [-0.1, -0.05) is 0 Å². The minimum Gasteiger partial charge on any atom is -0.496 e. The molecule has 2 rings (SSSR count). The van der Waals surface area contributed by atoms with Crippen LogP contribution in [0.25, 0.3) is 0 Å². The minimum absolute atomic E-state index is 0.562. The average molecular weight is 246 g/mol. The van der Waals surface area contributed by atoms with Gasteiger partial charge in [-0.3, -0.25) is 9.67 Å². The van der Waals surface area contributed by atoms with Crippen LogP contribution in [0.1, 0.15) is 22.4 Å². The Morgan fingerprint density at radius 1 is 1.28 bits per heavy atom. The molecule has 0 atom stereocenters. The summed E-state index contributed by atoms with van der Waals surface area (Å²) in [6.45, 7) is 6.53. The fourth-order valence-corrected chi connectivity index (χ4v) is 2.00. The minimum atomic E-state index is 0.562. The predicted molar refractivity (Wildman–Crippen MR) is 70.7 cm³/mol. The Morgan fingerprint density at radius 3 is 2.56 bits per heavy atom. The topological polar surface area (TPSA) is 66.0 Å². The number of hydrogen-bond acceptors (Lipinski definition) is 4. The quantitative estimate of drug-likeness (QED) is 0.897. The van der Waals surface area contributed by atoms with Gasteiger partial charge < -0.3 is 10.5 Å². The Morgan fingerprint density at radius 2 is 2.00 bits per heavy atom. The van der Waals surface area contributed by atoms with E-state index in [-0.39, 0.29) is 0 Å². The van der Waals surface area contributed by atoms with Crippen LogP contribution in [0.4, 0.5) is 5.82 Å². The molecule has 0 aromatic carbocycles. The van der Waals surface area contributed by atoms with Gasteiger partial charge in [0.2, 0.25) is 0 Å². The zero-order valence-electron chi connectivity index (χ0n) is 11.2. The Balaban J connectivity index is 2.35. The van der Waals surface area contributed by atoms with E-state index in [2.05, 4.69) is 10.1 Å². The zero-order valence-corrected chi connectivity index (χ0v) is 11.2. The number of aryl methyl sites for hydroxylation is 2. The lowest BCUT2D eigenvalue weighted by molar-refractivity contribution is 0.406. The number of nitrogens with two attached hydrogens (primary N) is 1. The van der Waals surface area contributed by atoms with Crippen molar-refractivity contribution in [3.05, 3.63) is 34.8 Å². The molecule has 96 valence electrons. The fourth-order valence-electron chi connectivity index (χ4n) is 2.00. The molecular formula is C13H18N4O.